The third-order valence-electron chi connectivity index (χ3n) is 2.17. The Morgan fingerprint density at radius 3 is 2.91 bits per heavy atom. The van der Waals surface area contributed by atoms with Crippen molar-refractivity contribution in [1.29, 1.82) is 0 Å². The van der Waals surface area contributed by atoms with Gasteiger partial charge in [-0.25, -0.2) is 0 Å². The van der Waals surface area contributed by atoms with Gasteiger partial charge >= 0.3 is 0 Å². The topological polar surface area (TPSA) is 40.5 Å². The molecule has 0 radical (unpaired) electrons. The zero-order valence-electron chi connectivity index (χ0n) is 6.66. The van der Waals surface area contributed by atoms with E-state index in [1.54, 1.807) is 18.0 Å². The van der Waals surface area contributed by atoms with Crippen LogP contribution in [0, 0.1) is 11.8 Å². The van der Waals surface area contributed by atoms with Gasteiger partial charge in [-0.15, -0.1) is 6.58 Å². The summed E-state index contributed by atoms with van der Waals surface area (Å²) in [7, 11) is 1.74. The molecule has 0 aliphatic carbocycles. The van der Waals surface area contributed by atoms with Crippen LogP contribution in [0.15, 0.2) is 12.7 Å². The van der Waals surface area contributed by atoms with Gasteiger partial charge in [-0.2, -0.15) is 0 Å². The predicted molar refractivity (Wildman–Crippen MR) is 41.9 cm³/mol. The Morgan fingerprint density at radius 1 is 1.91 bits per heavy atom. The number of aliphatic hydroxyl groups is 1. The summed E-state index contributed by atoms with van der Waals surface area (Å²) in [6.45, 7) is 4.27. The Kier molecular flexibility index (Phi) is 2.29. The largest absolute Gasteiger partial charge is 0.396 e. The van der Waals surface area contributed by atoms with Gasteiger partial charge in [0.25, 0.3) is 0 Å². The van der Waals surface area contributed by atoms with Gasteiger partial charge in [0, 0.05) is 26.1 Å². The number of aliphatic hydroxyl groups excluding tert-OH is 1. The summed E-state index contributed by atoms with van der Waals surface area (Å²) >= 11 is 0. The Balaban J connectivity index is 2.72. The molecule has 0 spiro atoms. The quantitative estimate of drug-likeness (QED) is 0.564. The first-order valence-electron chi connectivity index (χ1n) is 3.69. The molecule has 1 aliphatic rings. The number of hydrogen-bond donors (Lipinski definition) is 1. The van der Waals surface area contributed by atoms with Crippen molar-refractivity contribution in [3.63, 3.8) is 0 Å². The second-order valence-corrected chi connectivity index (χ2v) is 2.92. The fourth-order valence-corrected chi connectivity index (χ4v) is 1.48. The van der Waals surface area contributed by atoms with E-state index < -0.39 is 0 Å². The zero-order chi connectivity index (χ0) is 8.43. The lowest BCUT2D eigenvalue weighted by atomic mass is 9.97. The highest BCUT2D eigenvalue weighted by Gasteiger charge is 2.35. The summed E-state index contributed by atoms with van der Waals surface area (Å²) in [4.78, 5) is 12.9. The molecule has 0 aromatic carbocycles. The van der Waals surface area contributed by atoms with Crippen molar-refractivity contribution in [1.82, 2.24) is 4.90 Å². The highest BCUT2D eigenvalue weighted by Crippen LogP contribution is 2.23. The van der Waals surface area contributed by atoms with Crippen molar-refractivity contribution < 1.29 is 9.90 Å². The molecule has 0 aromatic rings. The van der Waals surface area contributed by atoms with E-state index in [0.29, 0.717) is 6.54 Å². The van der Waals surface area contributed by atoms with Gasteiger partial charge in [0.2, 0.25) is 5.91 Å². The molecule has 2 unspecified atom stereocenters. The van der Waals surface area contributed by atoms with Crippen molar-refractivity contribution in [2.45, 2.75) is 0 Å². The SMILES string of the molecule is C=CC1C(=O)N(C)CC1CO. The van der Waals surface area contributed by atoms with Crippen LogP contribution >= 0.6 is 0 Å². The molecule has 0 aromatic heterocycles. The molecule has 11 heavy (non-hydrogen) atoms. The first kappa shape index (κ1) is 8.27. The predicted octanol–water partition coefficient (Wildman–Crippen LogP) is -0.131. The second-order valence-electron chi connectivity index (χ2n) is 2.92. The Morgan fingerprint density at radius 2 is 2.55 bits per heavy atom. The number of carbonyl (C=O) groups is 1. The van der Waals surface area contributed by atoms with Gasteiger partial charge in [0.15, 0.2) is 0 Å². The monoisotopic (exact) mass is 155 g/mol. The molecule has 1 fully saturated rings. The Bertz CT molecular complexity index is 179. The van der Waals surface area contributed by atoms with E-state index in [0.717, 1.165) is 0 Å². The maximum atomic E-state index is 11.2. The molecule has 3 heteroatoms. The molecule has 1 heterocycles. The van der Waals surface area contributed by atoms with E-state index >= 15 is 0 Å². The molecule has 1 saturated heterocycles. The molecule has 0 saturated carbocycles. The Hall–Kier alpha value is -0.830. The molecule has 1 amide bonds. The third kappa shape index (κ3) is 1.28. The van der Waals surface area contributed by atoms with Crippen molar-refractivity contribution in [2.24, 2.45) is 11.8 Å². The number of hydrogen-bond acceptors (Lipinski definition) is 2. The number of nitrogens with zero attached hydrogens (tertiary/aromatic N) is 1. The number of carbonyl (C=O) groups excluding carboxylic acids is 1. The van der Waals surface area contributed by atoms with Gasteiger partial charge in [0.1, 0.15) is 0 Å². The maximum Gasteiger partial charge on any atom is 0.229 e. The average molecular weight is 155 g/mol. The molecule has 1 aliphatic heterocycles. The second kappa shape index (κ2) is 3.05. The van der Waals surface area contributed by atoms with Gasteiger partial charge in [-0.1, -0.05) is 6.08 Å². The van der Waals surface area contributed by atoms with Crippen molar-refractivity contribution in [3.8, 4) is 0 Å². The van der Waals surface area contributed by atoms with Gasteiger partial charge < -0.3 is 10.0 Å². The van der Waals surface area contributed by atoms with Crippen molar-refractivity contribution >= 4 is 5.91 Å². The van der Waals surface area contributed by atoms with Crippen LogP contribution in [0.25, 0.3) is 0 Å². The summed E-state index contributed by atoms with van der Waals surface area (Å²) in [5, 5.41) is 8.88. The van der Waals surface area contributed by atoms with Gasteiger partial charge in [-0.3, -0.25) is 4.79 Å². The third-order valence-corrected chi connectivity index (χ3v) is 2.17. The molecule has 0 bridgehead atoms. The molecule has 2 atom stereocenters. The molecule has 62 valence electrons. The highest BCUT2D eigenvalue weighted by molar-refractivity contribution is 5.82. The Labute approximate surface area is 66.3 Å². The van der Waals surface area contributed by atoms with Crippen LogP contribution in [0.1, 0.15) is 0 Å². The van der Waals surface area contributed by atoms with Crippen LogP contribution in [0.5, 0.6) is 0 Å². The number of rotatable bonds is 2. The van der Waals surface area contributed by atoms with Gasteiger partial charge in [-0.05, 0) is 0 Å². The molecule has 1 N–H and O–H groups in total. The first-order valence-corrected chi connectivity index (χ1v) is 3.69. The summed E-state index contributed by atoms with van der Waals surface area (Å²) in [6.07, 6.45) is 1.62. The lowest BCUT2D eigenvalue weighted by Crippen LogP contribution is -2.21. The smallest absolute Gasteiger partial charge is 0.229 e. The van der Waals surface area contributed by atoms with E-state index in [9.17, 15) is 4.79 Å². The summed E-state index contributed by atoms with van der Waals surface area (Å²) in [6, 6.07) is 0. The summed E-state index contributed by atoms with van der Waals surface area (Å²) in [5.41, 5.74) is 0. The normalized spacial score (nSPS) is 31.1. The van der Waals surface area contributed by atoms with Crippen LogP contribution < -0.4 is 0 Å². The van der Waals surface area contributed by atoms with Gasteiger partial charge in [0.05, 0.1) is 5.92 Å². The lowest BCUT2D eigenvalue weighted by Gasteiger charge is -2.07. The summed E-state index contributed by atoms with van der Waals surface area (Å²) < 4.78 is 0. The van der Waals surface area contributed by atoms with Crippen molar-refractivity contribution in [3.05, 3.63) is 12.7 Å². The van der Waals surface area contributed by atoms with Crippen molar-refractivity contribution in [2.75, 3.05) is 20.2 Å². The maximum absolute atomic E-state index is 11.2. The molecular formula is C8H13NO2. The van der Waals surface area contributed by atoms with Crippen LogP contribution in [-0.4, -0.2) is 36.1 Å². The van der Waals surface area contributed by atoms with Crippen LogP contribution in [0.4, 0.5) is 0 Å². The van der Waals surface area contributed by atoms with E-state index in [1.807, 2.05) is 0 Å². The molecule has 1 rings (SSSR count). The number of amides is 1. The van der Waals surface area contributed by atoms with E-state index in [-0.39, 0.29) is 24.3 Å². The van der Waals surface area contributed by atoms with Crippen LogP contribution in [0.2, 0.25) is 0 Å². The minimum Gasteiger partial charge on any atom is -0.396 e. The van der Waals surface area contributed by atoms with Crippen LogP contribution in [0.3, 0.4) is 0 Å². The first-order chi connectivity index (χ1) is 5.20. The minimum absolute atomic E-state index is 0.0463. The molecular weight excluding hydrogens is 142 g/mol. The minimum atomic E-state index is -0.176. The highest BCUT2D eigenvalue weighted by atomic mass is 16.3. The van der Waals surface area contributed by atoms with E-state index in [2.05, 4.69) is 6.58 Å². The molecule has 3 nitrogen and oxygen atoms in total. The fraction of sp³-hybridized carbons (Fsp3) is 0.625. The van der Waals surface area contributed by atoms with Crippen LogP contribution in [-0.2, 0) is 4.79 Å². The standard InChI is InChI=1S/C8H13NO2/c1-3-7-6(5-10)4-9(2)8(7)11/h3,6-7,10H,1,4-5H2,2H3. The number of likely N-dealkylation sites (tertiary alicyclic amines) is 1. The summed E-state index contributed by atoms with van der Waals surface area (Å²) in [5.74, 6) is -0.0611. The lowest BCUT2D eigenvalue weighted by molar-refractivity contribution is -0.128. The fourth-order valence-electron chi connectivity index (χ4n) is 1.48. The average Bonchev–Trinajstić information content (AvgIpc) is 2.28. The van der Waals surface area contributed by atoms with E-state index in [1.165, 1.54) is 0 Å². The zero-order valence-corrected chi connectivity index (χ0v) is 6.66. The van der Waals surface area contributed by atoms with E-state index in [4.69, 9.17) is 5.11 Å².